The Labute approximate surface area is 111 Å². The number of allylic oxidation sites excluding steroid dienone is 1. The lowest BCUT2D eigenvalue weighted by Crippen LogP contribution is -2.30. The molecular weight excluding hydrogens is 248 g/mol. The van der Waals surface area contributed by atoms with Crippen molar-refractivity contribution in [2.24, 2.45) is 0 Å². The van der Waals surface area contributed by atoms with Crippen LogP contribution < -0.4 is 5.32 Å². The summed E-state index contributed by atoms with van der Waals surface area (Å²) >= 11 is 1.50. The molecule has 1 aliphatic rings. The van der Waals surface area contributed by atoms with Gasteiger partial charge in [-0.3, -0.25) is 4.79 Å². The van der Waals surface area contributed by atoms with Crippen LogP contribution in [0, 0.1) is 6.92 Å². The average molecular weight is 266 g/mol. The molecule has 0 aliphatic carbocycles. The number of hydrogen-bond donors (Lipinski definition) is 1. The highest BCUT2D eigenvalue weighted by Crippen LogP contribution is 2.27. The van der Waals surface area contributed by atoms with E-state index in [9.17, 15) is 4.79 Å². The summed E-state index contributed by atoms with van der Waals surface area (Å²) in [5.41, 5.74) is 0. The Morgan fingerprint density at radius 2 is 2.39 bits per heavy atom. The fourth-order valence-corrected chi connectivity index (χ4v) is 3.09. The largest absolute Gasteiger partial charge is 0.355 e. The molecule has 1 aromatic heterocycles. The standard InChI is InChI=1S/C12H18N4OS/c1-3-8-16-9(2)14-15-12(16)18-10-6-4-5-7-13-11(10)17/h3,10H,1,4-8H2,2H3,(H,13,17)/t10-/m1/s1. The highest BCUT2D eigenvalue weighted by Gasteiger charge is 2.24. The molecule has 18 heavy (non-hydrogen) atoms. The summed E-state index contributed by atoms with van der Waals surface area (Å²) in [5.74, 6) is 0.967. The van der Waals surface area contributed by atoms with Crippen LogP contribution in [0.3, 0.4) is 0 Å². The molecule has 1 fully saturated rings. The summed E-state index contributed by atoms with van der Waals surface area (Å²) in [6.45, 7) is 7.10. The second-order valence-electron chi connectivity index (χ2n) is 4.32. The minimum absolute atomic E-state index is 0.0559. The SMILES string of the molecule is C=CCn1c(C)nnc1S[C@@H]1CCCCNC1=O. The van der Waals surface area contributed by atoms with Gasteiger partial charge >= 0.3 is 0 Å². The van der Waals surface area contributed by atoms with Gasteiger partial charge in [0.1, 0.15) is 5.82 Å². The second kappa shape index (κ2) is 6.04. The maximum absolute atomic E-state index is 11.9. The zero-order valence-corrected chi connectivity index (χ0v) is 11.4. The van der Waals surface area contributed by atoms with E-state index < -0.39 is 0 Å². The second-order valence-corrected chi connectivity index (χ2v) is 5.49. The number of carbonyl (C=O) groups excluding carboxylic acids is 1. The van der Waals surface area contributed by atoms with E-state index in [0.29, 0.717) is 6.54 Å². The molecule has 0 saturated carbocycles. The van der Waals surface area contributed by atoms with Crippen LogP contribution in [0.15, 0.2) is 17.8 Å². The average Bonchev–Trinajstić information content (AvgIpc) is 2.57. The van der Waals surface area contributed by atoms with Gasteiger partial charge in [-0.25, -0.2) is 0 Å². The summed E-state index contributed by atoms with van der Waals surface area (Å²) < 4.78 is 1.98. The molecule has 0 unspecified atom stereocenters. The lowest BCUT2D eigenvalue weighted by atomic mass is 10.2. The van der Waals surface area contributed by atoms with Gasteiger partial charge in [0, 0.05) is 13.1 Å². The number of rotatable bonds is 4. The van der Waals surface area contributed by atoms with E-state index in [-0.39, 0.29) is 11.2 Å². The molecule has 98 valence electrons. The molecule has 0 bridgehead atoms. The van der Waals surface area contributed by atoms with E-state index in [0.717, 1.165) is 36.8 Å². The van der Waals surface area contributed by atoms with Crippen molar-refractivity contribution < 1.29 is 4.79 Å². The molecule has 6 heteroatoms. The van der Waals surface area contributed by atoms with Crippen molar-refractivity contribution in [1.82, 2.24) is 20.1 Å². The molecule has 1 aromatic rings. The van der Waals surface area contributed by atoms with Crippen LogP contribution in [-0.2, 0) is 11.3 Å². The number of nitrogens with one attached hydrogen (secondary N) is 1. The van der Waals surface area contributed by atoms with E-state index in [2.05, 4.69) is 22.1 Å². The van der Waals surface area contributed by atoms with Crippen LogP contribution in [0.2, 0.25) is 0 Å². The van der Waals surface area contributed by atoms with Crippen molar-refractivity contribution in [3.05, 3.63) is 18.5 Å². The smallest absolute Gasteiger partial charge is 0.233 e. The zero-order chi connectivity index (χ0) is 13.0. The van der Waals surface area contributed by atoms with Crippen molar-refractivity contribution in [3.63, 3.8) is 0 Å². The first-order valence-corrected chi connectivity index (χ1v) is 7.05. The number of aromatic nitrogens is 3. The molecule has 1 amide bonds. The maximum atomic E-state index is 11.9. The predicted molar refractivity (Wildman–Crippen MR) is 71.5 cm³/mol. The molecule has 2 rings (SSSR count). The van der Waals surface area contributed by atoms with Gasteiger partial charge in [-0.1, -0.05) is 24.3 Å². The number of thioether (sulfide) groups is 1. The number of nitrogens with zero attached hydrogens (tertiary/aromatic N) is 3. The molecule has 1 aliphatic heterocycles. The Morgan fingerprint density at radius 3 is 3.17 bits per heavy atom. The van der Waals surface area contributed by atoms with Crippen molar-refractivity contribution in [3.8, 4) is 0 Å². The zero-order valence-electron chi connectivity index (χ0n) is 10.6. The Kier molecular flexibility index (Phi) is 4.41. The van der Waals surface area contributed by atoms with Gasteiger partial charge in [-0.2, -0.15) is 0 Å². The summed E-state index contributed by atoms with van der Waals surface area (Å²) in [6.07, 6.45) is 4.84. The summed E-state index contributed by atoms with van der Waals surface area (Å²) in [5, 5.41) is 11.9. The fraction of sp³-hybridized carbons (Fsp3) is 0.583. The molecule has 1 N–H and O–H groups in total. The van der Waals surface area contributed by atoms with Crippen LogP contribution in [0.25, 0.3) is 0 Å². The Morgan fingerprint density at radius 1 is 1.56 bits per heavy atom. The van der Waals surface area contributed by atoms with Gasteiger partial charge in [0.05, 0.1) is 5.25 Å². The first-order valence-electron chi connectivity index (χ1n) is 6.17. The van der Waals surface area contributed by atoms with E-state index in [1.54, 1.807) is 0 Å². The third-order valence-electron chi connectivity index (χ3n) is 2.95. The monoisotopic (exact) mass is 266 g/mol. The van der Waals surface area contributed by atoms with Gasteiger partial charge in [0.25, 0.3) is 0 Å². The Balaban J connectivity index is 2.12. The number of amides is 1. The normalized spacial score (nSPS) is 20.3. The molecule has 1 saturated heterocycles. The number of carbonyl (C=O) groups is 1. The first-order chi connectivity index (χ1) is 8.72. The number of aryl methyl sites for hydroxylation is 1. The van der Waals surface area contributed by atoms with Crippen molar-refractivity contribution in [2.45, 2.75) is 43.1 Å². The molecule has 0 spiro atoms. The van der Waals surface area contributed by atoms with Gasteiger partial charge in [-0.15, -0.1) is 16.8 Å². The Bertz CT molecular complexity index is 443. The minimum atomic E-state index is -0.0559. The van der Waals surface area contributed by atoms with Gasteiger partial charge in [-0.05, 0) is 19.8 Å². The summed E-state index contributed by atoms with van der Waals surface area (Å²) in [6, 6.07) is 0. The fourth-order valence-electron chi connectivity index (χ4n) is 1.94. The van der Waals surface area contributed by atoms with E-state index >= 15 is 0 Å². The number of hydrogen-bond acceptors (Lipinski definition) is 4. The molecule has 1 atom stereocenters. The van der Waals surface area contributed by atoms with Gasteiger partial charge in [0.2, 0.25) is 5.91 Å². The maximum Gasteiger partial charge on any atom is 0.233 e. The minimum Gasteiger partial charge on any atom is -0.355 e. The van der Waals surface area contributed by atoms with Crippen molar-refractivity contribution in [2.75, 3.05) is 6.54 Å². The topological polar surface area (TPSA) is 59.8 Å². The first kappa shape index (κ1) is 13.1. The summed E-state index contributed by atoms with van der Waals surface area (Å²) in [7, 11) is 0. The third-order valence-corrected chi connectivity index (χ3v) is 4.19. The lowest BCUT2D eigenvalue weighted by Gasteiger charge is -2.12. The van der Waals surface area contributed by atoms with Crippen LogP contribution in [0.1, 0.15) is 25.1 Å². The predicted octanol–water partition coefficient (Wildman–Crippen LogP) is 1.53. The van der Waals surface area contributed by atoms with Gasteiger partial charge < -0.3 is 9.88 Å². The molecular formula is C12H18N4OS. The quantitative estimate of drug-likeness (QED) is 0.840. The van der Waals surface area contributed by atoms with Crippen LogP contribution in [0.5, 0.6) is 0 Å². The molecule has 2 heterocycles. The van der Waals surface area contributed by atoms with Crippen LogP contribution in [0.4, 0.5) is 0 Å². The van der Waals surface area contributed by atoms with Crippen LogP contribution >= 0.6 is 11.8 Å². The summed E-state index contributed by atoms with van der Waals surface area (Å²) in [4.78, 5) is 11.9. The molecule has 5 nitrogen and oxygen atoms in total. The van der Waals surface area contributed by atoms with Gasteiger partial charge in [0.15, 0.2) is 5.16 Å². The van der Waals surface area contributed by atoms with Crippen molar-refractivity contribution in [1.29, 1.82) is 0 Å². The lowest BCUT2D eigenvalue weighted by molar-refractivity contribution is -0.120. The van der Waals surface area contributed by atoms with Crippen molar-refractivity contribution >= 4 is 17.7 Å². The molecule has 0 aromatic carbocycles. The Hall–Kier alpha value is -1.30. The van der Waals surface area contributed by atoms with E-state index in [1.807, 2.05) is 17.6 Å². The van der Waals surface area contributed by atoms with E-state index in [4.69, 9.17) is 0 Å². The van der Waals surface area contributed by atoms with E-state index in [1.165, 1.54) is 11.8 Å². The molecule has 0 radical (unpaired) electrons. The highest BCUT2D eigenvalue weighted by atomic mass is 32.2. The highest BCUT2D eigenvalue weighted by molar-refractivity contribution is 8.00. The van der Waals surface area contributed by atoms with Crippen LogP contribution in [-0.4, -0.2) is 32.5 Å². The third kappa shape index (κ3) is 2.93.